The summed E-state index contributed by atoms with van der Waals surface area (Å²) in [5.41, 5.74) is 1.11. The molecule has 1 aliphatic rings. The van der Waals surface area contributed by atoms with E-state index in [0.717, 1.165) is 36.4 Å². The fourth-order valence-corrected chi connectivity index (χ4v) is 2.65. The van der Waals surface area contributed by atoms with E-state index in [1.807, 2.05) is 41.4 Å². The summed E-state index contributed by atoms with van der Waals surface area (Å²) < 4.78 is 13.9. The summed E-state index contributed by atoms with van der Waals surface area (Å²) in [5, 5.41) is 0.744. The van der Waals surface area contributed by atoms with Gasteiger partial charge in [0.05, 0.1) is 19.0 Å². The predicted octanol–water partition coefficient (Wildman–Crippen LogP) is 3.65. The molecule has 1 fully saturated rings. The van der Waals surface area contributed by atoms with Crippen molar-refractivity contribution < 1.29 is 9.47 Å². The molecule has 1 aliphatic heterocycles. The van der Waals surface area contributed by atoms with E-state index in [9.17, 15) is 0 Å². The first-order valence-corrected chi connectivity index (χ1v) is 7.64. The molecule has 1 aromatic carbocycles. The number of rotatable bonds is 5. The van der Waals surface area contributed by atoms with Gasteiger partial charge in [-0.15, -0.1) is 0 Å². The molecule has 3 rings (SSSR count). The van der Waals surface area contributed by atoms with Gasteiger partial charge in [-0.05, 0) is 37.0 Å². The minimum absolute atomic E-state index is 0.122. The lowest BCUT2D eigenvalue weighted by molar-refractivity contribution is -0.201. The van der Waals surface area contributed by atoms with Crippen molar-refractivity contribution in [2.24, 2.45) is 0 Å². The maximum absolute atomic E-state index is 6.01. The summed E-state index contributed by atoms with van der Waals surface area (Å²) in [7, 11) is 0. The molecule has 0 bridgehead atoms. The van der Waals surface area contributed by atoms with Crippen LogP contribution in [-0.2, 0) is 22.6 Å². The molecule has 0 N–H and O–H groups in total. The van der Waals surface area contributed by atoms with Gasteiger partial charge in [-0.2, -0.15) is 0 Å². The van der Waals surface area contributed by atoms with Crippen molar-refractivity contribution in [1.82, 2.24) is 9.55 Å². The predicted molar refractivity (Wildman–Crippen MR) is 81.0 cm³/mol. The molecule has 0 saturated carbocycles. The largest absolute Gasteiger partial charge is 0.348 e. The van der Waals surface area contributed by atoms with Crippen LogP contribution < -0.4 is 0 Å². The van der Waals surface area contributed by atoms with E-state index in [4.69, 9.17) is 21.1 Å². The van der Waals surface area contributed by atoms with Crippen LogP contribution in [0.25, 0.3) is 0 Å². The topological polar surface area (TPSA) is 36.3 Å². The summed E-state index contributed by atoms with van der Waals surface area (Å²) in [5.74, 6) is 0. The van der Waals surface area contributed by atoms with Crippen molar-refractivity contribution in [2.45, 2.75) is 44.8 Å². The molecule has 4 nitrogen and oxygen atoms in total. The molecule has 112 valence electrons. The lowest BCUT2D eigenvalue weighted by atomic mass is 10.1. The molecule has 1 aromatic heterocycles. The van der Waals surface area contributed by atoms with Gasteiger partial charge >= 0.3 is 0 Å². The van der Waals surface area contributed by atoms with Gasteiger partial charge in [0.25, 0.3) is 0 Å². The minimum Gasteiger partial charge on any atom is -0.348 e. The van der Waals surface area contributed by atoms with Crippen molar-refractivity contribution in [3.63, 3.8) is 0 Å². The molecule has 0 spiro atoms. The molecule has 21 heavy (non-hydrogen) atoms. The third-order valence-corrected chi connectivity index (χ3v) is 3.88. The highest BCUT2D eigenvalue weighted by atomic mass is 35.5. The molecule has 2 heterocycles. The first kappa shape index (κ1) is 14.6. The number of nitrogens with zero attached hydrogens (tertiary/aromatic N) is 2. The zero-order valence-electron chi connectivity index (χ0n) is 11.8. The maximum Gasteiger partial charge on any atom is 0.158 e. The van der Waals surface area contributed by atoms with E-state index in [1.54, 1.807) is 6.20 Å². The van der Waals surface area contributed by atoms with Crippen LogP contribution >= 0.6 is 11.6 Å². The van der Waals surface area contributed by atoms with E-state index in [2.05, 4.69) is 4.98 Å². The number of hydrogen-bond donors (Lipinski definition) is 0. The summed E-state index contributed by atoms with van der Waals surface area (Å²) in [6.45, 7) is 1.39. The first-order valence-electron chi connectivity index (χ1n) is 7.27. The number of ether oxygens (including phenoxy) is 2. The molecule has 2 atom stereocenters. The molecule has 0 aliphatic carbocycles. The van der Waals surface area contributed by atoms with Gasteiger partial charge in [0, 0.05) is 24.0 Å². The fourth-order valence-electron chi connectivity index (χ4n) is 2.52. The van der Waals surface area contributed by atoms with Crippen LogP contribution in [0.4, 0.5) is 0 Å². The van der Waals surface area contributed by atoms with Crippen LogP contribution in [0.1, 0.15) is 24.8 Å². The molecule has 0 unspecified atom stereocenters. The van der Waals surface area contributed by atoms with Gasteiger partial charge < -0.3 is 14.0 Å². The number of halogens is 1. The Hall–Kier alpha value is -1.36. The van der Waals surface area contributed by atoms with Gasteiger partial charge in [0.2, 0.25) is 0 Å². The Morgan fingerprint density at radius 2 is 2.14 bits per heavy atom. The third kappa shape index (κ3) is 4.30. The smallest absolute Gasteiger partial charge is 0.158 e. The van der Waals surface area contributed by atoms with Gasteiger partial charge in [-0.3, -0.25) is 0 Å². The quantitative estimate of drug-likeness (QED) is 0.846. The number of aromatic nitrogens is 2. The normalized spacial score (nSPS) is 22.3. The van der Waals surface area contributed by atoms with E-state index < -0.39 is 0 Å². The Morgan fingerprint density at radius 1 is 1.29 bits per heavy atom. The Morgan fingerprint density at radius 3 is 2.90 bits per heavy atom. The second kappa shape index (κ2) is 7.07. The summed E-state index contributed by atoms with van der Waals surface area (Å²) in [6, 6.07) is 7.72. The number of imidazole rings is 1. The second-order valence-corrected chi connectivity index (χ2v) is 5.75. The number of hydrogen-bond acceptors (Lipinski definition) is 3. The minimum atomic E-state index is -0.122. The molecule has 0 radical (unpaired) electrons. The molecular weight excluding hydrogens is 288 g/mol. The first-order chi connectivity index (χ1) is 10.3. The van der Waals surface area contributed by atoms with Crippen LogP contribution in [0.2, 0.25) is 5.02 Å². The summed E-state index contributed by atoms with van der Waals surface area (Å²) in [4.78, 5) is 4.06. The van der Waals surface area contributed by atoms with Crippen LogP contribution in [0.3, 0.4) is 0 Å². The van der Waals surface area contributed by atoms with E-state index >= 15 is 0 Å². The summed E-state index contributed by atoms with van der Waals surface area (Å²) >= 11 is 5.87. The average Bonchev–Trinajstić information content (AvgIpc) is 3.00. The third-order valence-electron chi connectivity index (χ3n) is 3.63. The lowest BCUT2D eigenvalue weighted by Crippen LogP contribution is -2.32. The molecule has 1 saturated heterocycles. The van der Waals surface area contributed by atoms with Gasteiger partial charge in [0.1, 0.15) is 0 Å². The molecular formula is C16H19ClN2O2. The summed E-state index contributed by atoms with van der Waals surface area (Å²) in [6.07, 6.45) is 8.80. The SMILES string of the molecule is Clc1ccc(CO[C@H]2CCC[C@H](Cn3ccnc3)O2)cc1. The highest BCUT2D eigenvalue weighted by Crippen LogP contribution is 2.22. The lowest BCUT2D eigenvalue weighted by Gasteiger charge is -2.30. The monoisotopic (exact) mass is 306 g/mol. The van der Waals surface area contributed by atoms with Crippen LogP contribution in [0.5, 0.6) is 0 Å². The highest BCUT2D eigenvalue weighted by molar-refractivity contribution is 6.30. The number of benzene rings is 1. The van der Waals surface area contributed by atoms with E-state index in [-0.39, 0.29) is 12.4 Å². The highest BCUT2D eigenvalue weighted by Gasteiger charge is 2.23. The van der Waals surface area contributed by atoms with E-state index in [0.29, 0.717) is 6.61 Å². The van der Waals surface area contributed by atoms with Gasteiger partial charge in [0.15, 0.2) is 6.29 Å². The zero-order valence-corrected chi connectivity index (χ0v) is 12.6. The van der Waals surface area contributed by atoms with Crippen molar-refractivity contribution in [1.29, 1.82) is 0 Å². The van der Waals surface area contributed by atoms with Crippen molar-refractivity contribution in [3.05, 3.63) is 53.6 Å². The Bertz CT molecular complexity index is 542. The van der Waals surface area contributed by atoms with Crippen LogP contribution in [0.15, 0.2) is 43.0 Å². The molecule has 0 amide bonds. The van der Waals surface area contributed by atoms with E-state index in [1.165, 1.54) is 0 Å². The van der Waals surface area contributed by atoms with Crippen molar-refractivity contribution in [2.75, 3.05) is 0 Å². The Labute approximate surface area is 129 Å². The van der Waals surface area contributed by atoms with Crippen LogP contribution in [0, 0.1) is 0 Å². The fraction of sp³-hybridized carbons (Fsp3) is 0.438. The van der Waals surface area contributed by atoms with Crippen molar-refractivity contribution >= 4 is 11.6 Å². The van der Waals surface area contributed by atoms with Crippen molar-refractivity contribution in [3.8, 4) is 0 Å². The Balaban J connectivity index is 1.48. The average molecular weight is 307 g/mol. The standard InChI is InChI=1S/C16H19ClN2O2/c17-14-6-4-13(5-7-14)11-20-16-3-1-2-15(21-16)10-19-9-8-18-12-19/h4-9,12,15-16H,1-3,10-11H2/t15-,16-/m1/s1. The second-order valence-electron chi connectivity index (χ2n) is 5.32. The maximum atomic E-state index is 6.01. The van der Waals surface area contributed by atoms with Gasteiger partial charge in [-0.1, -0.05) is 23.7 Å². The van der Waals surface area contributed by atoms with Gasteiger partial charge in [-0.25, -0.2) is 4.98 Å². The zero-order chi connectivity index (χ0) is 14.5. The molecule has 2 aromatic rings. The van der Waals surface area contributed by atoms with Crippen LogP contribution in [-0.4, -0.2) is 21.9 Å². The Kier molecular flexibility index (Phi) is 4.91. The molecule has 5 heteroatoms.